The Kier molecular flexibility index (Phi) is 9.76. The number of thiophene rings is 1. The Labute approximate surface area is 191 Å². The van der Waals surface area contributed by atoms with Crippen molar-refractivity contribution >= 4 is 38.7 Å². The van der Waals surface area contributed by atoms with Crippen LogP contribution >= 0.6 is 11.3 Å². The number of aliphatic carboxylic acids is 1. The average Bonchev–Trinajstić information content (AvgIpc) is 3.09. The lowest BCUT2D eigenvalue weighted by molar-refractivity contribution is -0.142. The Hall–Kier alpha value is -3.31. The third kappa shape index (κ3) is 6.86. The molecule has 10 heteroatoms. The second kappa shape index (κ2) is 12.5. The van der Waals surface area contributed by atoms with E-state index in [0.717, 1.165) is 17.8 Å². The van der Waals surface area contributed by atoms with E-state index < -0.39 is 5.97 Å². The summed E-state index contributed by atoms with van der Waals surface area (Å²) in [5.41, 5.74) is 3.68. The van der Waals surface area contributed by atoms with Gasteiger partial charge in [0.1, 0.15) is 17.7 Å². The van der Waals surface area contributed by atoms with Gasteiger partial charge < -0.3 is 19.5 Å². The Morgan fingerprint density at radius 3 is 2.66 bits per heavy atom. The number of anilines is 1. The molecular weight excluding hydrogens is 430 g/mol. The molecular formula is C22H25N5O4S. The normalized spacial score (nSPS) is 10.8. The van der Waals surface area contributed by atoms with Gasteiger partial charge in [0.2, 0.25) is 5.00 Å². The third-order valence-corrected chi connectivity index (χ3v) is 5.67. The van der Waals surface area contributed by atoms with Crippen LogP contribution in [0.2, 0.25) is 0 Å². The van der Waals surface area contributed by atoms with E-state index in [0.29, 0.717) is 46.6 Å². The second-order valence-electron chi connectivity index (χ2n) is 6.75. The van der Waals surface area contributed by atoms with E-state index in [-0.39, 0.29) is 13.2 Å². The van der Waals surface area contributed by atoms with Gasteiger partial charge in [0, 0.05) is 18.8 Å². The average molecular weight is 456 g/mol. The molecule has 32 heavy (non-hydrogen) atoms. The van der Waals surface area contributed by atoms with Crippen molar-refractivity contribution in [1.82, 2.24) is 0 Å². The van der Waals surface area contributed by atoms with Crippen LogP contribution in [-0.2, 0) is 14.3 Å². The van der Waals surface area contributed by atoms with Crippen molar-refractivity contribution in [3.63, 3.8) is 0 Å². The maximum absolute atomic E-state index is 10.4. The molecule has 0 bridgehead atoms. The van der Waals surface area contributed by atoms with Crippen molar-refractivity contribution in [3.05, 3.63) is 46.3 Å². The van der Waals surface area contributed by atoms with Crippen LogP contribution in [0.25, 0.3) is 4.85 Å². The SMILES string of the molecule is [C-]#[N+]c1sc(N=Nc2ccc(N(CC)CCOCCOCC(=O)O)cc2C)c(C#N)c1C. The molecule has 1 N–H and O–H groups in total. The Bertz CT molecular complexity index is 1050. The van der Waals surface area contributed by atoms with Crippen LogP contribution in [-0.4, -0.2) is 50.6 Å². The van der Waals surface area contributed by atoms with Crippen molar-refractivity contribution in [2.45, 2.75) is 20.8 Å². The van der Waals surface area contributed by atoms with Crippen LogP contribution in [0.1, 0.15) is 23.6 Å². The van der Waals surface area contributed by atoms with Crippen molar-refractivity contribution in [1.29, 1.82) is 5.26 Å². The van der Waals surface area contributed by atoms with Crippen LogP contribution in [0.3, 0.4) is 0 Å². The minimum absolute atomic E-state index is 0.242. The Balaban J connectivity index is 1.98. The lowest BCUT2D eigenvalue weighted by Gasteiger charge is -2.23. The molecule has 168 valence electrons. The summed E-state index contributed by atoms with van der Waals surface area (Å²) < 4.78 is 10.5. The number of rotatable bonds is 12. The van der Waals surface area contributed by atoms with Gasteiger partial charge in [0.15, 0.2) is 0 Å². The minimum atomic E-state index is -0.996. The van der Waals surface area contributed by atoms with Gasteiger partial charge in [0.05, 0.1) is 37.6 Å². The van der Waals surface area contributed by atoms with Crippen molar-refractivity contribution in [2.75, 3.05) is 44.4 Å². The number of hydrogen-bond acceptors (Lipinski definition) is 8. The van der Waals surface area contributed by atoms with Crippen molar-refractivity contribution in [2.24, 2.45) is 10.2 Å². The number of likely N-dealkylation sites (N-methyl/N-ethyl adjacent to an activating group) is 1. The summed E-state index contributed by atoms with van der Waals surface area (Å²) in [7, 11) is 0. The lowest BCUT2D eigenvalue weighted by atomic mass is 10.1. The molecule has 0 fully saturated rings. The van der Waals surface area contributed by atoms with Crippen molar-refractivity contribution < 1.29 is 19.4 Å². The van der Waals surface area contributed by atoms with Gasteiger partial charge in [-0.15, -0.1) is 21.6 Å². The van der Waals surface area contributed by atoms with E-state index in [2.05, 4.69) is 33.0 Å². The molecule has 0 aliphatic heterocycles. The number of nitrogens with zero attached hydrogens (tertiary/aromatic N) is 5. The van der Waals surface area contributed by atoms with Crippen molar-refractivity contribution in [3.8, 4) is 6.07 Å². The fourth-order valence-corrected chi connectivity index (χ4v) is 3.73. The standard InChI is InChI=1S/C22H25N5O4S/c1-5-27(8-9-30-10-11-31-14-20(28)29)17-6-7-19(15(2)12-17)25-26-22-18(13-23)16(3)21(24-4)32-22/h6-7,12H,5,8-11,14H2,1-3H3,(H,28,29). The first kappa shape index (κ1) is 25.0. The summed E-state index contributed by atoms with van der Waals surface area (Å²) in [6.45, 7) is 15.2. The van der Waals surface area contributed by atoms with Crippen LogP contribution in [0.15, 0.2) is 28.4 Å². The highest BCUT2D eigenvalue weighted by Crippen LogP contribution is 2.41. The fraction of sp³-hybridized carbons (Fsp3) is 0.409. The van der Waals surface area contributed by atoms with E-state index in [1.165, 1.54) is 11.3 Å². The number of azo groups is 1. The van der Waals surface area contributed by atoms with Crippen LogP contribution < -0.4 is 4.90 Å². The number of hydrogen-bond donors (Lipinski definition) is 1. The summed E-state index contributed by atoms with van der Waals surface area (Å²) in [5, 5.41) is 27.3. The van der Waals surface area contributed by atoms with Gasteiger partial charge >= 0.3 is 5.97 Å². The molecule has 1 aromatic heterocycles. The summed E-state index contributed by atoms with van der Waals surface area (Å²) in [5.74, 6) is -0.996. The zero-order chi connectivity index (χ0) is 23.5. The number of ether oxygens (including phenoxy) is 2. The van der Waals surface area contributed by atoms with Gasteiger partial charge in [-0.05, 0) is 50.1 Å². The van der Waals surface area contributed by atoms with Gasteiger partial charge in [-0.2, -0.15) is 5.26 Å². The maximum Gasteiger partial charge on any atom is 0.329 e. The molecule has 0 atom stereocenters. The molecule has 0 spiro atoms. The molecule has 9 nitrogen and oxygen atoms in total. The number of carboxylic acids is 1. The number of carbonyl (C=O) groups is 1. The topological polar surface area (TPSA) is 112 Å². The highest BCUT2D eigenvalue weighted by Gasteiger charge is 2.14. The van der Waals surface area contributed by atoms with Gasteiger partial charge in [-0.1, -0.05) is 0 Å². The molecule has 0 aliphatic carbocycles. The van der Waals surface area contributed by atoms with Gasteiger partial charge in [-0.25, -0.2) is 9.64 Å². The highest BCUT2D eigenvalue weighted by atomic mass is 32.1. The zero-order valence-electron chi connectivity index (χ0n) is 18.3. The molecule has 2 rings (SSSR count). The largest absolute Gasteiger partial charge is 0.480 e. The number of nitriles is 1. The first-order chi connectivity index (χ1) is 15.4. The first-order valence-corrected chi connectivity index (χ1v) is 10.8. The number of carboxylic acid groups (broad SMARTS) is 1. The molecule has 0 aliphatic rings. The Morgan fingerprint density at radius 2 is 2.03 bits per heavy atom. The second-order valence-corrected chi connectivity index (χ2v) is 7.72. The highest BCUT2D eigenvalue weighted by molar-refractivity contribution is 7.20. The van der Waals surface area contributed by atoms with Gasteiger partial charge in [-0.3, -0.25) is 0 Å². The molecule has 0 radical (unpaired) electrons. The van der Waals surface area contributed by atoms with Crippen LogP contribution in [0.4, 0.5) is 21.4 Å². The van der Waals surface area contributed by atoms with E-state index in [9.17, 15) is 10.1 Å². The van der Waals surface area contributed by atoms with Crippen LogP contribution in [0.5, 0.6) is 0 Å². The number of benzene rings is 1. The summed E-state index contributed by atoms with van der Waals surface area (Å²) in [4.78, 5) is 16.0. The molecule has 0 saturated heterocycles. The predicted octanol–water partition coefficient (Wildman–Crippen LogP) is 5.15. The number of aryl methyl sites for hydroxylation is 1. The fourth-order valence-electron chi connectivity index (χ4n) is 2.87. The zero-order valence-corrected chi connectivity index (χ0v) is 19.1. The molecule has 0 unspecified atom stereocenters. The monoisotopic (exact) mass is 455 g/mol. The van der Waals surface area contributed by atoms with E-state index in [1.807, 2.05) is 25.1 Å². The van der Waals surface area contributed by atoms with E-state index >= 15 is 0 Å². The molecule has 0 amide bonds. The molecule has 2 aromatic rings. The smallest absolute Gasteiger partial charge is 0.329 e. The van der Waals surface area contributed by atoms with Crippen LogP contribution in [0, 0.1) is 31.8 Å². The maximum atomic E-state index is 10.4. The first-order valence-electron chi connectivity index (χ1n) is 9.96. The van der Waals surface area contributed by atoms with Gasteiger partial charge in [0.25, 0.3) is 0 Å². The lowest BCUT2D eigenvalue weighted by Crippen LogP contribution is -2.27. The minimum Gasteiger partial charge on any atom is -0.480 e. The summed E-state index contributed by atoms with van der Waals surface area (Å²) >= 11 is 1.17. The summed E-state index contributed by atoms with van der Waals surface area (Å²) in [6, 6.07) is 7.95. The molecule has 0 saturated carbocycles. The third-order valence-electron chi connectivity index (χ3n) is 4.60. The van der Waals surface area contributed by atoms with E-state index in [4.69, 9.17) is 21.2 Å². The Morgan fingerprint density at radius 1 is 1.28 bits per heavy atom. The summed E-state index contributed by atoms with van der Waals surface area (Å²) in [6.07, 6.45) is 0. The van der Waals surface area contributed by atoms with E-state index in [1.54, 1.807) is 6.92 Å². The predicted molar refractivity (Wildman–Crippen MR) is 123 cm³/mol. The quantitative estimate of drug-likeness (QED) is 0.269. The molecule has 1 heterocycles. The molecule has 1 aromatic carbocycles.